The van der Waals surface area contributed by atoms with Crippen LogP contribution in [0.5, 0.6) is 0 Å². The molecule has 1 saturated heterocycles. The second kappa shape index (κ2) is 7.13. The van der Waals surface area contributed by atoms with Crippen LogP contribution < -0.4 is 10.2 Å². The summed E-state index contributed by atoms with van der Waals surface area (Å²) >= 11 is 5.89. The minimum atomic E-state index is -0.705. The van der Waals surface area contributed by atoms with Gasteiger partial charge in [-0.15, -0.1) is 0 Å². The summed E-state index contributed by atoms with van der Waals surface area (Å²) < 4.78 is 0. The summed E-state index contributed by atoms with van der Waals surface area (Å²) in [5, 5.41) is 4.01. The van der Waals surface area contributed by atoms with E-state index < -0.39 is 17.7 Å². The van der Waals surface area contributed by atoms with Gasteiger partial charge in [0, 0.05) is 40.3 Å². The molecular formula is C21H18ClN3O3. The molecule has 2 aromatic carbocycles. The van der Waals surface area contributed by atoms with Crippen LogP contribution >= 0.6 is 11.6 Å². The maximum atomic E-state index is 12.8. The fourth-order valence-electron chi connectivity index (χ4n) is 3.61. The number of benzene rings is 2. The predicted molar refractivity (Wildman–Crippen MR) is 108 cm³/mol. The number of amides is 2. The molecular weight excluding hydrogens is 378 g/mol. The number of aryl methyl sites for hydroxylation is 1. The molecule has 2 heterocycles. The first-order chi connectivity index (χ1) is 13.4. The number of aromatic amines is 1. The number of carbonyl (C=O) groups excluding carboxylic acids is 3. The number of fused-ring (bicyclic) bond motifs is 1. The van der Waals surface area contributed by atoms with E-state index in [1.807, 2.05) is 18.2 Å². The fourth-order valence-corrected chi connectivity index (χ4v) is 3.73. The molecule has 6 nitrogen and oxygen atoms in total. The van der Waals surface area contributed by atoms with Crippen molar-refractivity contribution in [2.75, 3.05) is 11.4 Å². The van der Waals surface area contributed by atoms with Gasteiger partial charge in [-0.2, -0.15) is 0 Å². The smallest absolute Gasteiger partial charge is 0.292 e. The summed E-state index contributed by atoms with van der Waals surface area (Å²) in [6, 6.07) is 13.8. The Morgan fingerprint density at radius 2 is 1.86 bits per heavy atom. The Bertz CT molecular complexity index is 1090. The molecule has 0 aliphatic carbocycles. The van der Waals surface area contributed by atoms with Crippen molar-refractivity contribution >= 4 is 45.8 Å². The highest BCUT2D eigenvalue weighted by Gasteiger charge is 2.33. The summed E-state index contributed by atoms with van der Waals surface area (Å²) in [5.41, 5.74) is 2.53. The lowest BCUT2D eigenvalue weighted by atomic mass is 10.1. The van der Waals surface area contributed by atoms with Gasteiger partial charge in [0.1, 0.15) is 0 Å². The Morgan fingerprint density at radius 3 is 2.61 bits per heavy atom. The van der Waals surface area contributed by atoms with Gasteiger partial charge in [-0.05, 0) is 37.3 Å². The van der Waals surface area contributed by atoms with Gasteiger partial charge in [0.25, 0.3) is 11.7 Å². The first-order valence-corrected chi connectivity index (χ1v) is 9.30. The standard InChI is InChI=1S/C21H18ClN3O3/c1-12-19(16-4-2-3-5-17(16)23-12)20(27)21(28)24-14-10-18(26)25(11-14)15-8-6-13(22)7-9-15/h2-9,14,23H,10-11H2,1H3,(H,24,28)/t14-/m1/s1. The number of nitrogens with zero attached hydrogens (tertiary/aromatic N) is 1. The third-order valence-electron chi connectivity index (χ3n) is 4.93. The highest BCUT2D eigenvalue weighted by molar-refractivity contribution is 6.45. The van der Waals surface area contributed by atoms with Crippen LogP contribution in [0.3, 0.4) is 0 Å². The fraction of sp³-hybridized carbons (Fsp3) is 0.190. The second-order valence-electron chi connectivity index (χ2n) is 6.85. The highest BCUT2D eigenvalue weighted by Crippen LogP contribution is 2.25. The molecule has 1 aromatic heterocycles. The van der Waals surface area contributed by atoms with Crippen molar-refractivity contribution in [3.8, 4) is 0 Å². The van der Waals surface area contributed by atoms with Crippen molar-refractivity contribution in [2.45, 2.75) is 19.4 Å². The Hall–Kier alpha value is -3.12. The number of hydrogen-bond donors (Lipinski definition) is 2. The number of rotatable bonds is 4. The zero-order valence-electron chi connectivity index (χ0n) is 15.2. The minimum Gasteiger partial charge on any atom is -0.358 e. The number of para-hydroxylation sites is 1. The van der Waals surface area contributed by atoms with Gasteiger partial charge >= 0.3 is 0 Å². The molecule has 0 radical (unpaired) electrons. The van der Waals surface area contributed by atoms with Gasteiger partial charge in [-0.3, -0.25) is 14.4 Å². The number of H-pyrrole nitrogens is 1. The maximum absolute atomic E-state index is 12.8. The highest BCUT2D eigenvalue weighted by atomic mass is 35.5. The van der Waals surface area contributed by atoms with Crippen molar-refractivity contribution in [3.05, 3.63) is 64.8 Å². The molecule has 142 valence electrons. The third kappa shape index (κ3) is 3.27. The van der Waals surface area contributed by atoms with Crippen molar-refractivity contribution < 1.29 is 14.4 Å². The van der Waals surface area contributed by atoms with Gasteiger partial charge in [-0.1, -0.05) is 29.8 Å². The van der Waals surface area contributed by atoms with Crippen LogP contribution in [0.4, 0.5) is 5.69 Å². The second-order valence-corrected chi connectivity index (χ2v) is 7.29. The summed E-state index contributed by atoms with van der Waals surface area (Å²) in [7, 11) is 0. The number of anilines is 1. The predicted octanol–water partition coefficient (Wildman–Crippen LogP) is 3.23. The van der Waals surface area contributed by atoms with E-state index in [0.717, 1.165) is 5.52 Å². The average molecular weight is 396 g/mol. The van der Waals surface area contributed by atoms with E-state index in [1.54, 1.807) is 42.2 Å². The SMILES string of the molecule is Cc1[nH]c2ccccc2c1C(=O)C(=O)N[C@@H]1CC(=O)N(c2ccc(Cl)cc2)C1. The Balaban J connectivity index is 1.49. The number of halogens is 1. The van der Waals surface area contributed by atoms with Gasteiger partial charge in [0.2, 0.25) is 5.91 Å². The van der Waals surface area contributed by atoms with Gasteiger partial charge < -0.3 is 15.2 Å². The van der Waals surface area contributed by atoms with Crippen LogP contribution in [0, 0.1) is 6.92 Å². The number of ketones is 1. The zero-order valence-corrected chi connectivity index (χ0v) is 15.9. The molecule has 7 heteroatoms. The van der Waals surface area contributed by atoms with E-state index in [9.17, 15) is 14.4 Å². The zero-order chi connectivity index (χ0) is 19.8. The summed E-state index contributed by atoms with van der Waals surface area (Å²) in [5.74, 6) is -1.42. The lowest BCUT2D eigenvalue weighted by molar-refractivity contribution is -0.118. The van der Waals surface area contributed by atoms with Crippen LogP contribution in [0.15, 0.2) is 48.5 Å². The minimum absolute atomic E-state index is 0.108. The molecule has 2 N–H and O–H groups in total. The number of carbonyl (C=O) groups is 3. The van der Waals surface area contributed by atoms with Gasteiger partial charge in [-0.25, -0.2) is 0 Å². The molecule has 1 aliphatic rings. The molecule has 0 bridgehead atoms. The normalized spacial score (nSPS) is 16.6. The van der Waals surface area contributed by atoms with Crippen molar-refractivity contribution in [1.29, 1.82) is 0 Å². The monoisotopic (exact) mass is 395 g/mol. The molecule has 0 saturated carbocycles. The van der Waals surface area contributed by atoms with Crippen LogP contribution in [0.1, 0.15) is 22.5 Å². The summed E-state index contributed by atoms with van der Waals surface area (Å²) in [4.78, 5) is 42.4. The average Bonchev–Trinajstić information content (AvgIpc) is 3.20. The molecule has 3 aromatic rings. The van der Waals surface area contributed by atoms with E-state index in [2.05, 4.69) is 10.3 Å². The molecule has 2 amide bonds. The Labute approximate surface area is 166 Å². The molecule has 0 spiro atoms. The van der Waals surface area contributed by atoms with E-state index in [0.29, 0.717) is 33.9 Å². The van der Waals surface area contributed by atoms with Crippen LogP contribution in [0.2, 0.25) is 5.02 Å². The Kier molecular flexibility index (Phi) is 4.65. The first-order valence-electron chi connectivity index (χ1n) is 8.92. The van der Waals surface area contributed by atoms with Crippen LogP contribution in [0.25, 0.3) is 10.9 Å². The number of aromatic nitrogens is 1. The molecule has 0 unspecified atom stereocenters. The lowest BCUT2D eigenvalue weighted by Gasteiger charge is -2.17. The van der Waals surface area contributed by atoms with Crippen molar-refractivity contribution in [2.24, 2.45) is 0 Å². The van der Waals surface area contributed by atoms with Gasteiger partial charge in [0.05, 0.1) is 11.6 Å². The van der Waals surface area contributed by atoms with Crippen LogP contribution in [-0.2, 0) is 9.59 Å². The van der Waals surface area contributed by atoms with E-state index in [1.165, 1.54) is 0 Å². The molecule has 4 rings (SSSR count). The van der Waals surface area contributed by atoms with E-state index >= 15 is 0 Å². The maximum Gasteiger partial charge on any atom is 0.292 e. The number of hydrogen-bond acceptors (Lipinski definition) is 3. The largest absolute Gasteiger partial charge is 0.358 e. The Morgan fingerprint density at radius 1 is 1.14 bits per heavy atom. The number of nitrogens with one attached hydrogen (secondary N) is 2. The lowest BCUT2D eigenvalue weighted by Crippen LogP contribution is -2.41. The topological polar surface area (TPSA) is 82.3 Å². The van der Waals surface area contributed by atoms with E-state index in [-0.39, 0.29) is 12.3 Å². The van der Waals surface area contributed by atoms with Crippen molar-refractivity contribution in [1.82, 2.24) is 10.3 Å². The summed E-state index contributed by atoms with van der Waals surface area (Å²) in [6.45, 7) is 2.08. The molecule has 28 heavy (non-hydrogen) atoms. The summed E-state index contributed by atoms with van der Waals surface area (Å²) in [6.07, 6.45) is 0.147. The van der Waals surface area contributed by atoms with Crippen LogP contribution in [-0.4, -0.2) is 35.2 Å². The van der Waals surface area contributed by atoms with Gasteiger partial charge in [0.15, 0.2) is 0 Å². The number of Topliss-reactive ketones (excluding diaryl/α,β-unsaturated/α-hetero) is 1. The quantitative estimate of drug-likeness (QED) is 0.525. The van der Waals surface area contributed by atoms with Crippen molar-refractivity contribution in [3.63, 3.8) is 0 Å². The molecule has 1 atom stereocenters. The molecule has 1 fully saturated rings. The first kappa shape index (κ1) is 18.3. The van der Waals surface area contributed by atoms with E-state index in [4.69, 9.17) is 11.6 Å². The molecule has 1 aliphatic heterocycles. The third-order valence-corrected chi connectivity index (χ3v) is 5.18.